The summed E-state index contributed by atoms with van der Waals surface area (Å²) in [6.07, 6.45) is -1.09. The van der Waals surface area contributed by atoms with E-state index in [-0.39, 0.29) is 0 Å². The highest BCUT2D eigenvalue weighted by Gasteiger charge is 2.32. The van der Waals surface area contributed by atoms with Crippen molar-refractivity contribution in [3.05, 3.63) is 41.9 Å². The Morgan fingerprint density at radius 3 is 2.56 bits per heavy atom. The summed E-state index contributed by atoms with van der Waals surface area (Å²) in [7, 11) is 1.80. The summed E-state index contributed by atoms with van der Waals surface area (Å²) in [5.74, 6) is 0.352. The number of alkyl halides is 3. The van der Waals surface area contributed by atoms with Gasteiger partial charge in [-0.1, -0.05) is 6.07 Å². The number of pyridine rings is 1. The SMILES string of the molecule is CNCc1ccc(-n2cc(C(F)(F)F)cn2)nc1. The number of halogens is 3. The van der Waals surface area contributed by atoms with Crippen molar-refractivity contribution in [3.63, 3.8) is 0 Å². The van der Waals surface area contributed by atoms with Crippen LogP contribution in [0.2, 0.25) is 0 Å². The molecule has 0 saturated carbocycles. The highest BCUT2D eigenvalue weighted by Crippen LogP contribution is 2.28. The average Bonchev–Trinajstić information content (AvgIpc) is 2.79. The fourth-order valence-corrected chi connectivity index (χ4v) is 1.46. The van der Waals surface area contributed by atoms with Crippen molar-refractivity contribution >= 4 is 0 Å². The van der Waals surface area contributed by atoms with E-state index in [1.165, 1.54) is 0 Å². The predicted molar refractivity (Wildman–Crippen MR) is 59.1 cm³/mol. The lowest BCUT2D eigenvalue weighted by Crippen LogP contribution is -2.06. The van der Waals surface area contributed by atoms with Crippen molar-refractivity contribution < 1.29 is 13.2 Å². The molecular weight excluding hydrogens is 245 g/mol. The summed E-state index contributed by atoms with van der Waals surface area (Å²) in [6, 6.07) is 3.41. The van der Waals surface area contributed by atoms with Crippen LogP contribution in [0.4, 0.5) is 13.2 Å². The van der Waals surface area contributed by atoms with Crippen molar-refractivity contribution in [2.75, 3.05) is 7.05 Å². The monoisotopic (exact) mass is 256 g/mol. The third-order valence-electron chi connectivity index (χ3n) is 2.33. The highest BCUT2D eigenvalue weighted by molar-refractivity contribution is 5.26. The maximum absolute atomic E-state index is 12.4. The number of nitrogens with zero attached hydrogens (tertiary/aromatic N) is 3. The molecule has 2 rings (SSSR count). The van der Waals surface area contributed by atoms with Gasteiger partial charge in [0.25, 0.3) is 0 Å². The van der Waals surface area contributed by atoms with Crippen molar-refractivity contribution in [2.24, 2.45) is 0 Å². The summed E-state index contributed by atoms with van der Waals surface area (Å²) in [6.45, 7) is 0.653. The fourth-order valence-electron chi connectivity index (χ4n) is 1.46. The lowest BCUT2D eigenvalue weighted by atomic mass is 10.3. The molecule has 96 valence electrons. The summed E-state index contributed by atoms with van der Waals surface area (Å²) in [4.78, 5) is 4.06. The number of hydrogen-bond donors (Lipinski definition) is 1. The number of hydrogen-bond acceptors (Lipinski definition) is 3. The molecule has 0 amide bonds. The molecule has 0 aliphatic heterocycles. The number of nitrogens with one attached hydrogen (secondary N) is 1. The second kappa shape index (κ2) is 4.77. The lowest BCUT2D eigenvalue weighted by molar-refractivity contribution is -0.137. The Labute approximate surface area is 101 Å². The molecule has 2 aromatic heterocycles. The van der Waals surface area contributed by atoms with Gasteiger partial charge in [-0.15, -0.1) is 0 Å². The van der Waals surface area contributed by atoms with E-state index in [0.717, 1.165) is 22.6 Å². The van der Waals surface area contributed by atoms with Gasteiger partial charge in [0.05, 0.1) is 11.8 Å². The smallest absolute Gasteiger partial charge is 0.316 e. The molecular formula is C11H11F3N4. The molecule has 2 aromatic rings. The van der Waals surface area contributed by atoms with Crippen LogP contribution >= 0.6 is 0 Å². The zero-order chi connectivity index (χ0) is 13.2. The second-order valence-electron chi connectivity index (χ2n) is 3.73. The molecule has 1 N–H and O–H groups in total. The molecule has 2 heterocycles. The molecule has 0 aliphatic carbocycles. The topological polar surface area (TPSA) is 42.7 Å². The molecule has 0 bridgehead atoms. The summed E-state index contributed by atoms with van der Waals surface area (Å²) in [5.41, 5.74) is 0.160. The van der Waals surface area contributed by atoms with Crippen LogP contribution in [0.25, 0.3) is 5.82 Å². The van der Waals surface area contributed by atoms with Gasteiger partial charge in [-0.05, 0) is 18.7 Å². The predicted octanol–water partition coefficient (Wildman–Crippen LogP) is 2.01. The molecule has 7 heteroatoms. The molecule has 0 aliphatic rings. The Kier molecular flexibility index (Phi) is 3.33. The molecule has 0 unspecified atom stereocenters. The summed E-state index contributed by atoms with van der Waals surface area (Å²) in [5, 5.41) is 6.60. The van der Waals surface area contributed by atoms with Crippen LogP contribution in [0, 0.1) is 0 Å². The minimum atomic E-state index is -4.38. The first kappa shape index (κ1) is 12.6. The molecule has 4 nitrogen and oxygen atoms in total. The van der Waals surface area contributed by atoms with Gasteiger partial charge in [0.15, 0.2) is 5.82 Å². The zero-order valence-corrected chi connectivity index (χ0v) is 9.57. The maximum atomic E-state index is 12.4. The molecule has 0 fully saturated rings. The third-order valence-corrected chi connectivity index (χ3v) is 2.33. The second-order valence-corrected chi connectivity index (χ2v) is 3.73. The zero-order valence-electron chi connectivity index (χ0n) is 9.57. The van der Waals surface area contributed by atoms with Crippen LogP contribution in [0.1, 0.15) is 11.1 Å². The Bertz CT molecular complexity index is 516. The largest absolute Gasteiger partial charge is 0.419 e. The summed E-state index contributed by atoms with van der Waals surface area (Å²) >= 11 is 0. The minimum Gasteiger partial charge on any atom is -0.316 e. The Morgan fingerprint density at radius 2 is 2.06 bits per heavy atom. The van der Waals surface area contributed by atoms with Crippen LogP contribution in [0.15, 0.2) is 30.7 Å². The lowest BCUT2D eigenvalue weighted by Gasteiger charge is -2.03. The molecule has 0 spiro atoms. The van der Waals surface area contributed by atoms with Crippen LogP contribution in [0.5, 0.6) is 0 Å². The molecule has 0 saturated heterocycles. The van der Waals surface area contributed by atoms with Gasteiger partial charge < -0.3 is 5.32 Å². The van der Waals surface area contributed by atoms with Crippen LogP contribution < -0.4 is 5.32 Å². The van der Waals surface area contributed by atoms with Gasteiger partial charge in [0.1, 0.15) is 0 Å². The van der Waals surface area contributed by atoms with Gasteiger partial charge in [0.2, 0.25) is 0 Å². The van der Waals surface area contributed by atoms with E-state index in [0.29, 0.717) is 12.4 Å². The van der Waals surface area contributed by atoms with Crippen LogP contribution in [0.3, 0.4) is 0 Å². The van der Waals surface area contributed by atoms with E-state index in [4.69, 9.17) is 0 Å². The van der Waals surface area contributed by atoms with Gasteiger partial charge in [-0.25, -0.2) is 9.67 Å². The van der Waals surface area contributed by atoms with Crippen molar-refractivity contribution in [1.29, 1.82) is 0 Å². The number of rotatable bonds is 3. The Morgan fingerprint density at radius 1 is 1.28 bits per heavy atom. The molecule has 0 aromatic carbocycles. The van der Waals surface area contributed by atoms with E-state index < -0.39 is 11.7 Å². The van der Waals surface area contributed by atoms with E-state index in [1.807, 2.05) is 0 Å². The van der Waals surface area contributed by atoms with Gasteiger partial charge in [-0.3, -0.25) is 0 Å². The van der Waals surface area contributed by atoms with Gasteiger partial charge in [0, 0.05) is 18.9 Å². The maximum Gasteiger partial charge on any atom is 0.419 e. The molecule has 0 atom stereocenters. The first-order valence-corrected chi connectivity index (χ1v) is 5.22. The van der Waals surface area contributed by atoms with Gasteiger partial charge in [-0.2, -0.15) is 18.3 Å². The fraction of sp³-hybridized carbons (Fsp3) is 0.273. The van der Waals surface area contributed by atoms with E-state index in [9.17, 15) is 13.2 Å². The Hall–Kier alpha value is -1.89. The van der Waals surface area contributed by atoms with E-state index in [2.05, 4.69) is 15.4 Å². The first-order valence-electron chi connectivity index (χ1n) is 5.22. The van der Waals surface area contributed by atoms with Crippen molar-refractivity contribution in [3.8, 4) is 5.82 Å². The average molecular weight is 256 g/mol. The van der Waals surface area contributed by atoms with Crippen molar-refractivity contribution in [2.45, 2.75) is 12.7 Å². The highest BCUT2D eigenvalue weighted by atomic mass is 19.4. The van der Waals surface area contributed by atoms with E-state index in [1.54, 1.807) is 25.4 Å². The minimum absolute atomic E-state index is 0.352. The van der Waals surface area contributed by atoms with Crippen LogP contribution in [-0.4, -0.2) is 21.8 Å². The normalized spacial score (nSPS) is 11.8. The van der Waals surface area contributed by atoms with E-state index >= 15 is 0 Å². The van der Waals surface area contributed by atoms with Crippen LogP contribution in [-0.2, 0) is 12.7 Å². The molecule has 0 radical (unpaired) electrons. The summed E-state index contributed by atoms with van der Waals surface area (Å²) < 4.78 is 38.3. The van der Waals surface area contributed by atoms with Gasteiger partial charge >= 0.3 is 6.18 Å². The number of aromatic nitrogens is 3. The Balaban J connectivity index is 2.23. The van der Waals surface area contributed by atoms with Crippen molar-refractivity contribution in [1.82, 2.24) is 20.1 Å². The quantitative estimate of drug-likeness (QED) is 0.913. The third kappa shape index (κ3) is 2.67. The molecule has 18 heavy (non-hydrogen) atoms. The first-order chi connectivity index (χ1) is 8.50. The standard InChI is InChI=1S/C11H11F3N4/c1-15-4-8-2-3-10(16-5-8)18-7-9(6-17-18)11(12,13)14/h2-3,5-7,15H,4H2,1H3.